The molecule has 0 aromatic carbocycles. The number of hydroxylamine groups is 2. The number of rotatable bonds is 1. The first-order valence-corrected chi connectivity index (χ1v) is 3.84. The molecule has 1 heterocycles. The van der Waals surface area contributed by atoms with Crippen LogP contribution in [0.1, 0.15) is 19.8 Å². The number of hydrogen-bond acceptors (Lipinski definition) is 3. The molecule has 4 nitrogen and oxygen atoms in total. The summed E-state index contributed by atoms with van der Waals surface area (Å²) in [5.74, 6) is 0.698. The third-order valence-corrected chi connectivity index (χ3v) is 1.95. The van der Waals surface area contributed by atoms with Crippen LogP contribution in [0.5, 0.6) is 0 Å². The van der Waals surface area contributed by atoms with E-state index in [0.29, 0.717) is 5.92 Å². The van der Waals surface area contributed by atoms with E-state index in [0.717, 1.165) is 25.9 Å². The van der Waals surface area contributed by atoms with Gasteiger partial charge in [0, 0.05) is 13.1 Å². The first-order chi connectivity index (χ1) is 5.18. The Morgan fingerprint density at radius 1 is 1.55 bits per heavy atom. The van der Waals surface area contributed by atoms with Gasteiger partial charge in [-0.05, 0) is 18.8 Å². The Labute approximate surface area is 65.7 Å². The molecule has 0 unspecified atom stereocenters. The maximum absolute atomic E-state index is 10.1. The summed E-state index contributed by atoms with van der Waals surface area (Å²) in [6, 6.07) is 0. The second-order valence-corrected chi connectivity index (χ2v) is 2.97. The molecule has 11 heavy (non-hydrogen) atoms. The molecular formula is C7H13NO3. The molecule has 0 bridgehead atoms. The van der Waals surface area contributed by atoms with Crippen molar-refractivity contribution in [3.8, 4) is 0 Å². The standard InChI is InChI=1S/C7H13NO3/c1-6-2-4-8(5-3-6)11-7(9)10/h6H,2-5H2,1H3,(H,9,10). The Balaban J connectivity index is 2.22. The summed E-state index contributed by atoms with van der Waals surface area (Å²) in [7, 11) is 0. The second-order valence-electron chi connectivity index (χ2n) is 2.97. The Morgan fingerprint density at radius 2 is 2.09 bits per heavy atom. The van der Waals surface area contributed by atoms with Crippen molar-refractivity contribution in [2.24, 2.45) is 5.92 Å². The van der Waals surface area contributed by atoms with Crippen molar-refractivity contribution in [2.45, 2.75) is 19.8 Å². The number of piperidine rings is 1. The molecule has 1 aliphatic heterocycles. The minimum Gasteiger partial charge on any atom is -0.448 e. The Hall–Kier alpha value is -0.770. The highest BCUT2D eigenvalue weighted by molar-refractivity contribution is 5.56. The molecule has 0 atom stereocenters. The molecule has 0 radical (unpaired) electrons. The van der Waals surface area contributed by atoms with Crippen LogP contribution in [0.25, 0.3) is 0 Å². The SMILES string of the molecule is CC1CCN(OC(=O)O)CC1. The zero-order valence-corrected chi connectivity index (χ0v) is 6.62. The molecule has 1 N–H and O–H groups in total. The quantitative estimate of drug-likeness (QED) is 0.627. The fourth-order valence-corrected chi connectivity index (χ4v) is 1.19. The van der Waals surface area contributed by atoms with Crippen molar-refractivity contribution < 1.29 is 14.7 Å². The van der Waals surface area contributed by atoms with Gasteiger partial charge in [-0.15, -0.1) is 5.06 Å². The number of nitrogens with zero attached hydrogens (tertiary/aromatic N) is 1. The van der Waals surface area contributed by atoms with Crippen molar-refractivity contribution in [3.63, 3.8) is 0 Å². The van der Waals surface area contributed by atoms with E-state index >= 15 is 0 Å². The molecule has 0 aromatic rings. The Bertz CT molecular complexity index is 141. The Kier molecular flexibility index (Phi) is 2.70. The minimum atomic E-state index is -1.21. The van der Waals surface area contributed by atoms with E-state index in [2.05, 4.69) is 11.8 Å². The molecule has 1 rings (SSSR count). The van der Waals surface area contributed by atoms with E-state index < -0.39 is 6.16 Å². The minimum absolute atomic E-state index is 0.698. The highest BCUT2D eigenvalue weighted by Gasteiger charge is 2.18. The highest BCUT2D eigenvalue weighted by Crippen LogP contribution is 2.15. The van der Waals surface area contributed by atoms with Crippen molar-refractivity contribution >= 4 is 6.16 Å². The molecule has 0 saturated carbocycles. The molecule has 0 aliphatic carbocycles. The van der Waals surface area contributed by atoms with Crippen LogP contribution < -0.4 is 0 Å². The third kappa shape index (κ3) is 2.76. The van der Waals surface area contributed by atoms with Gasteiger partial charge in [0.1, 0.15) is 0 Å². The topological polar surface area (TPSA) is 49.8 Å². The maximum Gasteiger partial charge on any atom is 0.525 e. The van der Waals surface area contributed by atoms with Crippen LogP contribution >= 0.6 is 0 Å². The summed E-state index contributed by atoms with van der Waals surface area (Å²) in [4.78, 5) is 14.6. The van der Waals surface area contributed by atoms with Gasteiger partial charge in [-0.1, -0.05) is 6.92 Å². The van der Waals surface area contributed by atoms with Crippen LogP contribution in [0.15, 0.2) is 0 Å². The molecule has 0 amide bonds. The van der Waals surface area contributed by atoms with E-state index in [4.69, 9.17) is 5.11 Å². The lowest BCUT2D eigenvalue weighted by Gasteiger charge is -2.27. The van der Waals surface area contributed by atoms with Crippen molar-refractivity contribution in [2.75, 3.05) is 13.1 Å². The predicted molar refractivity (Wildman–Crippen MR) is 39.1 cm³/mol. The molecule has 4 heteroatoms. The van der Waals surface area contributed by atoms with E-state index in [-0.39, 0.29) is 0 Å². The number of hydrogen-bond donors (Lipinski definition) is 1. The van der Waals surface area contributed by atoms with Gasteiger partial charge in [-0.3, -0.25) is 0 Å². The van der Waals surface area contributed by atoms with Crippen LogP contribution in [-0.4, -0.2) is 29.4 Å². The second kappa shape index (κ2) is 3.57. The molecule has 0 aromatic heterocycles. The zero-order valence-electron chi connectivity index (χ0n) is 6.62. The molecule has 0 spiro atoms. The lowest BCUT2D eigenvalue weighted by molar-refractivity contribution is -0.134. The lowest BCUT2D eigenvalue weighted by Crippen LogP contribution is -2.34. The van der Waals surface area contributed by atoms with Gasteiger partial charge in [0.05, 0.1) is 0 Å². The van der Waals surface area contributed by atoms with Crippen LogP contribution in [-0.2, 0) is 4.84 Å². The maximum atomic E-state index is 10.1. The van der Waals surface area contributed by atoms with E-state index in [1.165, 1.54) is 5.06 Å². The van der Waals surface area contributed by atoms with Gasteiger partial charge in [0.15, 0.2) is 0 Å². The summed E-state index contributed by atoms with van der Waals surface area (Å²) in [6.07, 6.45) is 0.833. The van der Waals surface area contributed by atoms with Gasteiger partial charge in [-0.2, -0.15) is 0 Å². The zero-order chi connectivity index (χ0) is 8.27. The van der Waals surface area contributed by atoms with Crippen LogP contribution in [0.3, 0.4) is 0 Å². The summed E-state index contributed by atoms with van der Waals surface area (Å²) in [6.45, 7) is 3.62. The number of carbonyl (C=O) groups is 1. The average molecular weight is 159 g/mol. The highest BCUT2D eigenvalue weighted by atomic mass is 16.8. The summed E-state index contributed by atoms with van der Waals surface area (Å²) < 4.78 is 0. The van der Waals surface area contributed by atoms with Crippen molar-refractivity contribution in [3.05, 3.63) is 0 Å². The monoisotopic (exact) mass is 159 g/mol. The van der Waals surface area contributed by atoms with Crippen LogP contribution in [0.2, 0.25) is 0 Å². The first kappa shape index (κ1) is 8.33. The predicted octanol–water partition coefficient (Wildman–Crippen LogP) is 1.33. The van der Waals surface area contributed by atoms with Gasteiger partial charge < -0.3 is 9.94 Å². The van der Waals surface area contributed by atoms with E-state index in [1.807, 2.05) is 0 Å². The normalized spacial score (nSPS) is 21.5. The van der Waals surface area contributed by atoms with Crippen molar-refractivity contribution in [1.82, 2.24) is 5.06 Å². The van der Waals surface area contributed by atoms with Crippen LogP contribution in [0, 0.1) is 5.92 Å². The fraction of sp³-hybridized carbons (Fsp3) is 0.857. The van der Waals surface area contributed by atoms with Gasteiger partial charge in [0.2, 0.25) is 0 Å². The first-order valence-electron chi connectivity index (χ1n) is 3.84. The fourth-order valence-electron chi connectivity index (χ4n) is 1.19. The van der Waals surface area contributed by atoms with Gasteiger partial charge >= 0.3 is 6.16 Å². The Morgan fingerprint density at radius 3 is 2.55 bits per heavy atom. The molecule has 1 aliphatic rings. The van der Waals surface area contributed by atoms with Gasteiger partial charge in [0.25, 0.3) is 0 Å². The van der Waals surface area contributed by atoms with Crippen LogP contribution in [0.4, 0.5) is 4.79 Å². The molecular weight excluding hydrogens is 146 g/mol. The van der Waals surface area contributed by atoms with E-state index in [9.17, 15) is 4.79 Å². The van der Waals surface area contributed by atoms with E-state index in [1.54, 1.807) is 0 Å². The summed E-state index contributed by atoms with van der Waals surface area (Å²) in [5, 5.41) is 9.77. The summed E-state index contributed by atoms with van der Waals surface area (Å²) in [5.41, 5.74) is 0. The summed E-state index contributed by atoms with van der Waals surface area (Å²) >= 11 is 0. The largest absolute Gasteiger partial charge is 0.525 e. The smallest absolute Gasteiger partial charge is 0.448 e. The molecule has 64 valence electrons. The third-order valence-electron chi connectivity index (χ3n) is 1.95. The van der Waals surface area contributed by atoms with Crippen molar-refractivity contribution in [1.29, 1.82) is 0 Å². The number of carboxylic acid groups (broad SMARTS) is 1. The molecule has 1 saturated heterocycles. The average Bonchev–Trinajstić information content (AvgIpc) is 1.93. The lowest BCUT2D eigenvalue weighted by atomic mass is 10.0. The van der Waals surface area contributed by atoms with Gasteiger partial charge in [-0.25, -0.2) is 4.79 Å². The molecule has 1 fully saturated rings.